The van der Waals surface area contributed by atoms with E-state index in [1.807, 2.05) is 0 Å². The third kappa shape index (κ3) is 5.39. The van der Waals surface area contributed by atoms with Crippen molar-refractivity contribution in [2.75, 3.05) is 0 Å². The molecule has 82 valence electrons. The third-order valence-corrected chi connectivity index (χ3v) is 1.40. The zero-order valence-corrected chi connectivity index (χ0v) is 7.39. The Hall–Kier alpha value is -1.27. The minimum Gasteiger partial charge on any atom is -0.480 e. The number of amides is 1. The van der Waals surface area contributed by atoms with E-state index in [1.165, 1.54) is 6.92 Å². The van der Waals surface area contributed by atoms with E-state index in [1.54, 1.807) is 5.32 Å². The van der Waals surface area contributed by atoms with Crippen molar-refractivity contribution in [2.45, 2.75) is 32.0 Å². The van der Waals surface area contributed by atoms with Gasteiger partial charge in [0.1, 0.15) is 12.5 Å². The lowest BCUT2D eigenvalue weighted by molar-refractivity contribution is -0.156. The molecule has 4 nitrogen and oxygen atoms in total. The van der Waals surface area contributed by atoms with Crippen LogP contribution in [0.25, 0.3) is 0 Å². The van der Waals surface area contributed by atoms with Crippen LogP contribution in [-0.4, -0.2) is 29.2 Å². The highest BCUT2D eigenvalue weighted by atomic mass is 19.4. The maximum absolute atomic E-state index is 11.7. The second-order valence-electron chi connectivity index (χ2n) is 2.66. The first-order valence-electron chi connectivity index (χ1n) is 3.85. The van der Waals surface area contributed by atoms with Crippen molar-refractivity contribution < 1.29 is 27.9 Å². The van der Waals surface area contributed by atoms with Crippen LogP contribution >= 0.6 is 0 Å². The summed E-state index contributed by atoms with van der Waals surface area (Å²) >= 11 is 0. The van der Waals surface area contributed by atoms with Crippen molar-refractivity contribution in [3.05, 3.63) is 0 Å². The van der Waals surface area contributed by atoms with Crippen LogP contribution in [0.1, 0.15) is 19.8 Å². The fraction of sp³-hybridized carbons (Fsp3) is 0.714. The monoisotopic (exact) mass is 213 g/mol. The normalized spacial score (nSPS) is 13.4. The molecule has 0 spiro atoms. The molecular formula is C7H10F3NO3. The molecule has 1 amide bonds. The van der Waals surface area contributed by atoms with Crippen LogP contribution in [0.15, 0.2) is 0 Å². The van der Waals surface area contributed by atoms with E-state index in [9.17, 15) is 22.8 Å². The topological polar surface area (TPSA) is 66.4 Å². The SMILES string of the molecule is CCC(NC(=O)CC(F)(F)F)C(=O)O. The first-order chi connectivity index (χ1) is 6.26. The Morgan fingerprint density at radius 3 is 2.21 bits per heavy atom. The van der Waals surface area contributed by atoms with Crippen LogP contribution in [0.5, 0.6) is 0 Å². The van der Waals surface area contributed by atoms with E-state index < -0.39 is 30.5 Å². The lowest BCUT2D eigenvalue weighted by atomic mass is 10.2. The van der Waals surface area contributed by atoms with Gasteiger partial charge in [0.25, 0.3) is 0 Å². The summed E-state index contributed by atoms with van der Waals surface area (Å²) < 4.78 is 35.0. The highest BCUT2D eigenvalue weighted by Crippen LogP contribution is 2.19. The Labute approximate surface area is 78.1 Å². The number of alkyl halides is 3. The van der Waals surface area contributed by atoms with Crippen LogP contribution in [0.2, 0.25) is 0 Å². The second-order valence-corrected chi connectivity index (χ2v) is 2.66. The summed E-state index contributed by atoms with van der Waals surface area (Å²) in [5.74, 6) is -2.67. The summed E-state index contributed by atoms with van der Waals surface area (Å²) in [5.41, 5.74) is 0. The van der Waals surface area contributed by atoms with E-state index in [4.69, 9.17) is 5.11 Å². The first kappa shape index (κ1) is 12.7. The van der Waals surface area contributed by atoms with Gasteiger partial charge in [0.2, 0.25) is 5.91 Å². The average Bonchev–Trinajstić information content (AvgIpc) is 1.96. The van der Waals surface area contributed by atoms with Gasteiger partial charge in [-0.25, -0.2) is 4.79 Å². The molecule has 0 aromatic rings. The Morgan fingerprint density at radius 2 is 1.93 bits per heavy atom. The average molecular weight is 213 g/mol. The van der Waals surface area contributed by atoms with Crippen molar-refractivity contribution >= 4 is 11.9 Å². The number of carbonyl (C=O) groups is 2. The van der Waals surface area contributed by atoms with E-state index in [0.717, 1.165) is 0 Å². The minimum absolute atomic E-state index is 0.0406. The largest absolute Gasteiger partial charge is 0.480 e. The molecule has 0 saturated carbocycles. The van der Waals surface area contributed by atoms with Gasteiger partial charge in [0.15, 0.2) is 0 Å². The smallest absolute Gasteiger partial charge is 0.397 e. The van der Waals surface area contributed by atoms with E-state index in [0.29, 0.717) is 0 Å². The molecule has 0 aliphatic rings. The Balaban J connectivity index is 4.11. The quantitative estimate of drug-likeness (QED) is 0.729. The van der Waals surface area contributed by atoms with Gasteiger partial charge >= 0.3 is 12.1 Å². The van der Waals surface area contributed by atoms with Gasteiger partial charge in [0, 0.05) is 0 Å². The summed E-state index contributed by atoms with van der Waals surface area (Å²) in [6.07, 6.45) is -6.23. The second kappa shape index (κ2) is 4.83. The molecule has 7 heteroatoms. The van der Waals surface area contributed by atoms with Crippen LogP contribution in [0.4, 0.5) is 13.2 Å². The lowest BCUT2D eigenvalue weighted by Crippen LogP contribution is -2.41. The summed E-state index contributed by atoms with van der Waals surface area (Å²) in [7, 11) is 0. The zero-order valence-electron chi connectivity index (χ0n) is 7.39. The molecule has 0 aliphatic heterocycles. The highest BCUT2D eigenvalue weighted by molar-refractivity contribution is 5.83. The van der Waals surface area contributed by atoms with E-state index in [2.05, 4.69) is 0 Å². The van der Waals surface area contributed by atoms with E-state index in [-0.39, 0.29) is 6.42 Å². The summed E-state index contributed by atoms with van der Waals surface area (Å²) in [5, 5.41) is 10.2. The van der Waals surface area contributed by atoms with Crippen molar-refractivity contribution in [2.24, 2.45) is 0 Å². The first-order valence-corrected chi connectivity index (χ1v) is 3.85. The predicted octanol–water partition coefficient (Wildman–Crippen LogP) is 0.918. The molecule has 14 heavy (non-hydrogen) atoms. The Morgan fingerprint density at radius 1 is 1.43 bits per heavy atom. The number of carbonyl (C=O) groups excluding carboxylic acids is 1. The zero-order chi connectivity index (χ0) is 11.4. The maximum atomic E-state index is 11.7. The predicted molar refractivity (Wildman–Crippen MR) is 40.5 cm³/mol. The molecule has 0 fully saturated rings. The number of hydrogen-bond acceptors (Lipinski definition) is 2. The molecule has 1 atom stereocenters. The Bertz CT molecular complexity index is 227. The van der Waals surface area contributed by atoms with Gasteiger partial charge in [-0.3, -0.25) is 4.79 Å². The third-order valence-electron chi connectivity index (χ3n) is 1.40. The summed E-state index contributed by atoms with van der Waals surface area (Å²) in [6.45, 7) is 1.45. The number of carboxylic acid groups (broad SMARTS) is 1. The number of hydrogen-bond donors (Lipinski definition) is 2. The van der Waals surface area contributed by atoms with Gasteiger partial charge in [-0.05, 0) is 6.42 Å². The number of aliphatic carboxylic acids is 1. The maximum Gasteiger partial charge on any atom is 0.397 e. The van der Waals surface area contributed by atoms with Gasteiger partial charge in [0.05, 0.1) is 0 Å². The van der Waals surface area contributed by atoms with Gasteiger partial charge in [-0.15, -0.1) is 0 Å². The molecule has 1 unspecified atom stereocenters. The number of rotatable bonds is 4. The molecule has 0 bridgehead atoms. The van der Waals surface area contributed by atoms with Crippen molar-refractivity contribution in [3.8, 4) is 0 Å². The van der Waals surface area contributed by atoms with Crippen LogP contribution in [-0.2, 0) is 9.59 Å². The fourth-order valence-corrected chi connectivity index (χ4v) is 0.766. The lowest BCUT2D eigenvalue weighted by Gasteiger charge is -2.12. The van der Waals surface area contributed by atoms with Crippen molar-refractivity contribution in [1.82, 2.24) is 5.32 Å². The Kier molecular flexibility index (Phi) is 4.39. The fourth-order valence-electron chi connectivity index (χ4n) is 0.766. The molecule has 0 saturated heterocycles. The van der Waals surface area contributed by atoms with Crippen LogP contribution in [0.3, 0.4) is 0 Å². The van der Waals surface area contributed by atoms with Gasteiger partial charge in [-0.2, -0.15) is 13.2 Å². The number of halogens is 3. The van der Waals surface area contributed by atoms with E-state index >= 15 is 0 Å². The molecule has 0 radical (unpaired) electrons. The number of carboxylic acids is 1. The van der Waals surface area contributed by atoms with Crippen LogP contribution < -0.4 is 5.32 Å². The highest BCUT2D eigenvalue weighted by Gasteiger charge is 2.32. The summed E-state index contributed by atoms with van der Waals surface area (Å²) in [6, 6.07) is -1.26. The molecule has 0 aliphatic carbocycles. The molecule has 2 N–H and O–H groups in total. The summed E-state index contributed by atoms with van der Waals surface area (Å²) in [4.78, 5) is 21.0. The van der Waals surface area contributed by atoms with Gasteiger partial charge in [-0.1, -0.05) is 6.92 Å². The molecule has 0 rings (SSSR count). The minimum atomic E-state index is -4.61. The standard InChI is InChI=1S/C7H10F3NO3/c1-2-4(6(13)14)11-5(12)3-7(8,9)10/h4H,2-3H2,1H3,(H,11,12)(H,13,14). The molecule has 0 aromatic heterocycles. The van der Waals surface area contributed by atoms with Crippen LogP contribution in [0, 0.1) is 0 Å². The van der Waals surface area contributed by atoms with Crippen molar-refractivity contribution in [1.29, 1.82) is 0 Å². The molecule has 0 heterocycles. The van der Waals surface area contributed by atoms with Crippen molar-refractivity contribution in [3.63, 3.8) is 0 Å². The van der Waals surface area contributed by atoms with Gasteiger partial charge < -0.3 is 10.4 Å². The molecule has 0 aromatic carbocycles. The number of nitrogens with one attached hydrogen (secondary N) is 1. The molecular weight excluding hydrogens is 203 g/mol.